The molecule has 1 unspecified atom stereocenters. The summed E-state index contributed by atoms with van der Waals surface area (Å²) in [5, 5.41) is 3.19. The number of piperidine rings is 1. The van der Waals surface area contributed by atoms with E-state index in [1.807, 2.05) is 7.05 Å². The van der Waals surface area contributed by atoms with E-state index in [0.29, 0.717) is 23.7 Å². The fraction of sp³-hybridized carbons (Fsp3) is 0.533. The molecule has 0 bridgehead atoms. The third-order valence-electron chi connectivity index (χ3n) is 3.89. The van der Waals surface area contributed by atoms with Gasteiger partial charge in [0.1, 0.15) is 5.82 Å². The molecular weight excluding hydrogens is 257 g/mol. The maximum absolute atomic E-state index is 13.9. The number of primary amides is 1. The first-order valence-corrected chi connectivity index (χ1v) is 7.08. The molecule has 5 heteroatoms. The second-order valence-electron chi connectivity index (χ2n) is 5.35. The maximum atomic E-state index is 13.9. The van der Waals surface area contributed by atoms with E-state index in [1.165, 1.54) is 18.6 Å². The van der Waals surface area contributed by atoms with Gasteiger partial charge in [0.2, 0.25) is 5.91 Å². The van der Waals surface area contributed by atoms with E-state index in [9.17, 15) is 9.18 Å². The van der Waals surface area contributed by atoms with Crippen molar-refractivity contribution in [3.8, 4) is 0 Å². The molecule has 1 amide bonds. The lowest BCUT2D eigenvalue weighted by atomic mass is 10.0. The average molecular weight is 279 g/mol. The molecule has 2 rings (SSSR count). The van der Waals surface area contributed by atoms with Crippen molar-refractivity contribution in [3.63, 3.8) is 0 Å². The van der Waals surface area contributed by atoms with Gasteiger partial charge in [0.05, 0.1) is 0 Å². The molecule has 3 N–H and O–H groups in total. The standard InChI is InChI=1S/C15H22FN3O/c1-18-9-13-4-2-3-7-19(13)10-12-8-11(15(17)20)5-6-14(12)16/h5-6,8,13,18H,2-4,7,9-10H2,1H3,(H2,17,20). The molecule has 1 aromatic rings. The van der Waals surface area contributed by atoms with E-state index < -0.39 is 5.91 Å². The second-order valence-corrected chi connectivity index (χ2v) is 5.35. The Morgan fingerprint density at radius 1 is 1.50 bits per heavy atom. The van der Waals surface area contributed by atoms with Crippen molar-refractivity contribution in [1.82, 2.24) is 10.2 Å². The predicted octanol–water partition coefficient (Wildman–Crippen LogP) is 1.50. The molecular formula is C15H22FN3O. The van der Waals surface area contributed by atoms with Crippen molar-refractivity contribution in [2.45, 2.75) is 31.8 Å². The van der Waals surface area contributed by atoms with Crippen LogP contribution < -0.4 is 11.1 Å². The Labute approximate surface area is 119 Å². The zero-order chi connectivity index (χ0) is 14.5. The summed E-state index contributed by atoms with van der Waals surface area (Å²) in [6.07, 6.45) is 3.47. The molecule has 0 saturated carbocycles. The Hall–Kier alpha value is -1.46. The van der Waals surface area contributed by atoms with Crippen LogP contribution in [0.5, 0.6) is 0 Å². The molecule has 1 fully saturated rings. The fourth-order valence-corrected chi connectivity index (χ4v) is 2.80. The molecule has 4 nitrogen and oxygen atoms in total. The predicted molar refractivity (Wildman–Crippen MR) is 76.9 cm³/mol. The van der Waals surface area contributed by atoms with Crippen molar-refractivity contribution in [2.24, 2.45) is 5.73 Å². The fourth-order valence-electron chi connectivity index (χ4n) is 2.80. The third kappa shape index (κ3) is 3.55. The molecule has 1 aliphatic rings. The molecule has 0 aromatic heterocycles. The summed E-state index contributed by atoms with van der Waals surface area (Å²) in [4.78, 5) is 13.5. The Morgan fingerprint density at radius 3 is 3.00 bits per heavy atom. The number of likely N-dealkylation sites (N-methyl/N-ethyl adjacent to an activating group) is 1. The van der Waals surface area contributed by atoms with E-state index in [0.717, 1.165) is 25.9 Å². The first-order chi connectivity index (χ1) is 9.61. The van der Waals surface area contributed by atoms with Crippen LogP contribution in [0, 0.1) is 5.82 Å². The van der Waals surface area contributed by atoms with Crippen LogP contribution in [0.1, 0.15) is 35.2 Å². The number of nitrogens with one attached hydrogen (secondary N) is 1. The summed E-state index contributed by atoms with van der Waals surface area (Å²) in [6.45, 7) is 2.39. The van der Waals surface area contributed by atoms with E-state index in [1.54, 1.807) is 6.07 Å². The second kappa shape index (κ2) is 6.81. The van der Waals surface area contributed by atoms with Crippen molar-refractivity contribution >= 4 is 5.91 Å². The number of likely N-dealkylation sites (tertiary alicyclic amines) is 1. The van der Waals surface area contributed by atoms with Gasteiger partial charge in [-0.25, -0.2) is 4.39 Å². The Bertz CT molecular complexity index is 476. The summed E-state index contributed by atoms with van der Waals surface area (Å²) >= 11 is 0. The molecule has 0 aliphatic carbocycles. The monoisotopic (exact) mass is 279 g/mol. The first-order valence-electron chi connectivity index (χ1n) is 7.08. The van der Waals surface area contributed by atoms with E-state index in [-0.39, 0.29) is 5.82 Å². The number of carbonyl (C=O) groups is 1. The van der Waals surface area contributed by atoms with Crippen LogP contribution >= 0.6 is 0 Å². The van der Waals surface area contributed by atoms with Gasteiger partial charge in [-0.3, -0.25) is 9.69 Å². The quantitative estimate of drug-likeness (QED) is 0.858. The van der Waals surface area contributed by atoms with Crippen molar-refractivity contribution < 1.29 is 9.18 Å². The van der Waals surface area contributed by atoms with Crippen LogP contribution in [0.3, 0.4) is 0 Å². The van der Waals surface area contributed by atoms with E-state index in [4.69, 9.17) is 5.73 Å². The lowest BCUT2D eigenvalue weighted by Gasteiger charge is -2.35. The number of nitrogens with two attached hydrogens (primary N) is 1. The van der Waals surface area contributed by atoms with Gasteiger partial charge in [0.25, 0.3) is 0 Å². The summed E-state index contributed by atoms with van der Waals surface area (Å²) in [6, 6.07) is 4.75. The van der Waals surface area contributed by atoms with Crippen LogP contribution in [0.2, 0.25) is 0 Å². The zero-order valence-corrected chi connectivity index (χ0v) is 11.9. The largest absolute Gasteiger partial charge is 0.366 e. The van der Waals surface area contributed by atoms with Crippen molar-refractivity contribution in [2.75, 3.05) is 20.1 Å². The lowest BCUT2D eigenvalue weighted by molar-refractivity contribution is 0.0999. The Morgan fingerprint density at radius 2 is 2.30 bits per heavy atom. The Kier molecular flexibility index (Phi) is 5.09. The molecule has 1 heterocycles. The highest BCUT2D eigenvalue weighted by Crippen LogP contribution is 2.21. The van der Waals surface area contributed by atoms with Gasteiger partial charge >= 0.3 is 0 Å². The van der Waals surface area contributed by atoms with E-state index in [2.05, 4.69) is 10.2 Å². The highest BCUT2D eigenvalue weighted by molar-refractivity contribution is 5.92. The minimum atomic E-state index is -0.517. The van der Waals surface area contributed by atoms with Gasteiger partial charge in [-0.1, -0.05) is 6.42 Å². The molecule has 0 spiro atoms. The number of nitrogens with zero attached hydrogens (tertiary/aromatic N) is 1. The van der Waals surface area contributed by atoms with Crippen molar-refractivity contribution in [1.29, 1.82) is 0 Å². The van der Waals surface area contributed by atoms with Crippen LogP contribution in [-0.2, 0) is 6.54 Å². The Balaban J connectivity index is 2.14. The zero-order valence-electron chi connectivity index (χ0n) is 11.9. The number of hydrogen-bond donors (Lipinski definition) is 2. The van der Waals surface area contributed by atoms with Gasteiger partial charge in [0.15, 0.2) is 0 Å². The number of halogens is 1. The van der Waals surface area contributed by atoms with Gasteiger partial charge in [0, 0.05) is 30.3 Å². The molecule has 20 heavy (non-hydrogen) atoms. The number of benzene rings is 1. The first kappa shape index (κ1) is 14.9. The summed E-state index contributed by atoms with van der Waals surface area (Å²) < 4.78 is 13.9. The summed E-state index contributed by atoms with van der Waals surface area (Å²) in [7, 11) is 1.93. The van der Waals surface area contributed by atoms with Crippen LogP contribution in [0.15, 0.2) is 18.2 Å². The smallest absolute Gasteiger partial charge is 0.248 e. The molecule has 0 radical (unpaired) electrons. The molecule has 1 aliphatic heterocycles. The highest BCUT2D eigenvalue weighted by atomic mass is 19.1. The highest BCUT2D eigenvalue weighted by Gasteiger charge is 2.22. The number of amides is 1. The lowest BCUT2D eigenvalue weighted by Crippen LogP contribution is -2.44. The number of hydrogen-bond acceptors (Lipinski definition) is 3. The molecule has 1 aromatic carbocycles. The summed E-state index contributed by atoms with van der Waals surface area (Å²) in [5.74, 6) is -0.791. The van der Waals surface area contributed by atoms with Gasteiger partial charge < -0.3 is 11.1 Å². The van der Waals surface area contributed by atoms with Crippen LogP contribution in [-0.4, -0.2) is 37.0 Å². The SMILES string of the molecule is CNCC1CCCCN1Cc1cc(C(N)=O)ccc1F. The minimum Gasteiger partial charge on any atom is -0.366 e. The summed E-state index contributed by atoms with van der Waals surface area (Å²) in [5.41, 5.74) is 6.17. The average Bonchev–Trinajstić information content (AvgIpc) is 2.43. The molecule has 1 saturated heterocycles. The maximum Gasteiger partial charge on any atom is 0.248 e. The topological polar surface area (TPSA) is 58.4 Å². The van der Waals surface area contributed by atoms with Gasteiger partial charge in [-0.15, -0.1) is 0 Å². The molecule has 1 atom stereocenters. The van der Waals surface area contributed by atoms with Crippen molar-refractivity contribution in [3.05, 3.63) is 35.1 Å². The number of rotatable bonds is 5. The van der Waals surface area contributed by atoms with E-state index >= 15 is 0 Å². The number of carbonyl (C=O) groups excluding carboxylic acids is 1. The normalized spacial score (nSPS) is 20.0. The minimum absolute atomic E-state index is 0.274. The third-order valence-corrected chi connectivity index (χ3v) is 3.89. The molecule has 110 valence electrons. The van der Waals surface area contributed by atoms with Crippen LogP contribution in [0.4, 0.5) is 4.39 Å². The van der Waals surface area contributed by atoms with Gasteiger partial charge in [-0.05, 0) is 44.6 Å². The van der Waals surface area contributed by atoms with Crippen LogP contribution in [0.25, 0.3) is 0 Å². The van der Waals surface area contributed by atoms with Gasteiger partial charge in [-0.2, -0.15) is 0 Å².